The second-order valence-electron chi connectivity index (χ2n) is 7.27. The number of rotatable bonds is 5. The SMILES string of the molecule is Cc1csc2c(Nc3cn(-c4ccccc4)cn3)nc(N3CCC[C@H]3CO)nc12. The molecule has 148 valence electrons. The fraction of sp³-hybridized carbons (Fsp3) is 0.286. The molecule has 5 rings (SSSR count). The standard InChI is InChI=1S/C21H22N6OS/c1-14-12-29-19-18(14)24-21(27-9-5-8-16(27)11-28)25-20(19)23-17-10-26(13-22-17)15-6-3-2-4-7-15/h2-4,6-7,10,12-13,16,28H,5,8-9,11H2,1H3,(H,23,24,25)/t16-/m0/s1. The van der Waals surface area contributed by atoms with Crippen molar-refractivity contribution in [2.45, 2.75) is 25.8 Å². The van der Waals surface area contributed by atoms with Gasteiger partial charge in [0, 0.05) is 12.2 Å². The van der Waals surface area contributed by atoms with E-state index in [1.807, 2.05) is 41.1 Å². The fourth-order valence-electron chi connectivity index (χ4n) is 3.77. The minimum absolute atomic E-state index is 0.0801. The third-order valence-electron chi connectivity index (χ3n) is 5.31. The molecule has 2 N–H and O–H groups in total. The summed E-state index contributed by atoms with van der Waals surface area (Å²) in [6.45, 7) is 3.05. The summed E-state index contributed by atoms with van der Waals surface area (Å²) in [5.74, 6) is 2.15. The van der Waals surface area contributed by atoms with Crippen molar-refractivity contribution < 1.29 is 5.11 Å². The summed E-state index contributed by atoms with van der Waals surface area (Å²) >= 11 is 1.63. The molecule has 1 fully saturated rings. The Balaban J connectivity index is 1.52. The quantitative estimate of drug-likeness (QED) is 0.523. The van der Waals surface area contributed by atoms with Gasteiger partial charge in [0.1, 0.15) is 12.1 Å². The summed E-state index contributed by atoms with van der Waals surface area (Å²) in [6, 6.07) is 10.2. The maximum atomic E-state index is 9.72. The Morgan fingerprint density at radius 3 is 2.93 bits per heavy atom. The first-order chi connectivity index (χ1) is 14.2. The molecule has 0 bridgehead atoms. The Labute approximate surface area is 172 Å². The van der Waals surface area contributed by atoms with Crippen LogP contribution in [0.1, 0.15) is 18.4 Å². The summed E-state index contributed by atoms with van der Waals surface area (Å²) in [5.41, 5.74) is 3.14. The van der Waals surface area contributed by atoms with E-state index in [-0.39, 0.29) is 12.6 Å². The van der Waals surface area contributed by atoms with Gasteiger partial charge in [0.2, 0.25) is 5.95 Å². The van der Waals surface area contributed by atoms with E-state index in [0.717, 1.165) is 52.5 Å². The van der Waals surface area contributed by atoms with E-state index in [2.05, 4.69) is 27.5 Å². The molecule has 4 aromatic rings. The average molecular weight is 407 g/mol. The molecule has 1 aliphatic rings. The number of anilines is 3. The summed E-state index contributed by atoms with van der Waals surface area (Å²) in [4.78, 5) is 16.3. The molecular formula is C21H22N6OS. The van der Waals surface area contributed by atoms with Gasteiger partial charge < -0.3 is 19.9 Å². The molecule has 0 amide bonds. The van der Waals surface area contributed by atoms with E-state index in [1.54, 1.807) is 17.7 Å². The summed E-state index contributed by atoms with van der Waals surface area (Å²) < 4.78 is 2.99. The number of nitrogens with zero attached hydrogens (tertiary/aromatic N) is 5. The van der Waals surface area contributed by atoms with Crippen LogP contribution in [0.15, 0.2) is 48.2 Å². The number of imidazole rings is 1. The second kappa shape index (κ2) is 7.46. The van der Waals surface area contributed by atoms with Gasteiger partial charge in [-0.3, -0.25) is 0 Å². The number of nitrogens with one attached hydrogen (secondary N) is 1. The van der Waals surface area contributed by atoms with Gasteiger partial charge in [-0.2, -0.15) is 4.98 Å². The minimum Gasteiger partial charge on any atom is -0.394 e. The molecule has 29 heavy (non-hydrogen) atoms. The minimum atomic E-state index is 0.0801. The third kappa shape index (κ3) is 3.34. The normalized spacial score (nSPS) is 16.6. The van der Waals surface area contributed by atoms with Crippen molar-refractivity contribution >= 4 is 39.1 Å². The molecule has 4 heterocycles. The number of benzene rings is 1. The van der Waals surface area contributed by atoms with Crippen LogP contribution in [0.25, 0.3) is 15.9 Å². The van der Waals surface area contributed by atoms with Gasteiger partial charge in [-0.25, -0.2) is 9.97 Å². The lowest BCUT2D eigenvalue weighted by molar-refractivity contribution is 0.265. The van der Waals surface area contributed by atoms with Gasteiger partial charge in [-0.05, 0) is 42.8 Å². The highest BCUT2D eigenvalue weighted by Gasteiger charge is 2.27. The molecule has 1 atom stereocenters. The first kappa shape index (κ1) is 18.1. The molecule has 0 aliphatic carbocycles. The highest BCUT2D eigenvalue weighted by molar-refractivity contribution is 7.18. The summed E-state index contributed by atoms with van der Waals surface area (Å²) in [7, 11) is 0. The topological polar surface area (TPSA) is 79.1 Å². The molecule has 1 aliphatic heterocycles. The van der Waals surface area contributed by atoms with Crippen molar-refractivity contribution in [3.05, 3.63) is 53.8 Å². The van der Waals surface area contributed by atoms with E-state index < -0.39 is 0 Å². The van der Waals surface area contributed by atoms with Crippen molar-refractivity contribution in [2.24, 2.45) is 0 Å². The lowest BCUT2D eigenvalue weighted by atomic mass is 10.2. The van der Waals surface area contributed by atoms with Crippen LogP contribution in [-0.2, 0) is 0 Å². The molecule has 1 saturated heterocycles. The Hall–Kier alpha value is -2.97. The van der Waals surface area contributed by atoms with Gasteiger partial charge >= 0.3 is 0 Å². The zero-order valence-corrected chi connectivity index (χ0v) is 16.9. The van der Waals surface area contributed by atoms with Crippen LogP contribution in [0.4, 0.5) is 17.6 Å². The number of aromatic nitrogens is 4. The number of aryl methyl sites for hydroxylation is 1. The first-order valence-corrected chi connectivity index (χ1v) is 10.6. The Morgan fingerprint density at radius 2 is 2.10 bits per heavy atom. The number of hydrogen-bond acceptors (Lipinski definition) is 7. The molecule has 3 aromatic heterocycles. The van der Waals surface area contributed by atoms with Gasteiger partial charge in [0.25, 0.3) is 0 Å². The van der Waals surface area contributed by atoms with Crippen molar-refractivity contribution in [1.29, 1.82) is 0 Å². The predicted octanol–water partition coefficient (Wildman–Crippen LogP) is 3.89. The molecule has 8 heteroatoms. The average Bonchev–Trinajstić information content (AvgIpc) is 3.49. The van der Waals surface area contributed by atoms with Crippen molar-refractivity contribution in [2.75, 3.05) is 23.4 Å². The Morgan fingerprint density at radius 1 is 1.24 bits per heavy atom. The van der Waals surface area contributed by atoms with Crippen molar-refractivity contribution in [3.8, 4) is 5.69 Å². The monoisotopic (exact) mass is 406 g/mol. The van der Waals surface area contributed by atoms with Gasteiger partial charge in [0.05, 0.1) is 29.1 Å². The van der Waals surface area contributed by atoms with Crippen molar-refractivity contribution in [3.63, 3.8) is 0 Å². The van der Waals surface area contributed by atoms with Gasteiger partial charge in [-0.1, -0.05) is 18.2 Å². The number of para-hydroxylation sites is 1. The van der Waals surface area contributed by atoms with Gasteiger partial charge in [0.15, 0.2) is 5.82 Å². The molecule has 0 radical (unpaired) electrons. The van der Waals surface area contributed by atoms with E-state index in [4.69, 9.17) is 9.97 Å². The van der Waals surface area contributed by atoms with E-state index in [9.17, 15) is 5.11 Å². The zero-order valence-electron chi connectivity index (χ0n) is 16.1. The van der Waals surface area contributed by atoms with E-state index in [0.29, 0.717) is 5.95 Å². The van der Waals surface area contributed by atoms with Crippen LogP contribution in [0.3, 0.4) is 0 Å². The highest BCUT2D eigenvalue weighted by atomic mass is 32.1. The van der Waals surface area contributed by atoms with Crippen LogP contribution < -0.4 is 10.2 Å². The molecule has 0 spiro atoms. The largest absolute Gasteiger partial charge is 0.394 e. The lowest BCUT2D eigenvalue weighted by Crippen LogP contribution is -2.33. The highest BCUT2D eigenvalue weighted by Crippen LogP contribution is 2.34. The molecule has 0 unspecified atom stereocenters. The van der Waals surface area contributed by atoms with Crippen molar-refractivity contribution in [1.82, 2.24) is 19.5 Å². The number of aliphatic hydroxyl groups is 1. The van der Waals surface area contributed by atoms with Crippen LogP contribution in [0.5, 0.6) is 0 Å². The smallest absolute Gasteiger partial charge is 0.228 e. The van der Waals surface area contributed by atoms with Crippen LogP contribution in [0.2, 0.25) is 0 Å². The first-order valence-electron chi connectivity index (χ1n) is 9.72. The fourth-order valence-corrected chi connectivity index (χ4v) is 4.71. The number of thiophene rings is 1. The number of aliphatic hydroxyl groups excluding tert-OH is 1. The Bertz CT molecular complexity index is 1140. The maximum Gasteiger partial charge on any atom is 0.228 e. The molecular weight excluding hydrogens is 384 g/mol. The van der Waals surface area contributed by atoms with E-state index >= 15 is 0 Å². The van der Waals surface area contributed by atoms with Crippen LogP contribution in [-0.4, -0.2) is 43.8 Å². The second-order valence-corrected chi connectivity index (χ2v) is 8.15. The van der Waals surface area contributed by atoms with Crippen LogP contribution >= 0.6 is 11.3 Å². The number of fused-ring (bicyclic) bond motifs is 1. The Kier molecular flexibility index (Phi) is 4.65. The maximum absolute atomic E-state index is 9.72. The number of hydrogen-bond donors (Lipinski definition) is 2. The molecule has 1 aromatic carbocycles. The predicted molar refractivity (Wildman–Crippen MR) is 116 cm³/mol. The van der Waals surface area contributed by atoms with Crippen LogP contribution in [0, 0.1) is 6.92 Å². The molecule has 7 nitrogen and oxygen atoms in total. The summed E-state index contributed by atoms with van der Waals surface area (Å²) in [6.07, 6.45) is 5.75. The summed E-state index contributed by atoms with van der Waals surface area (Å²) in [5, 5.41) is 15.2. The lowest BCUT2D eigenvalue weighted by Gasteiger charge is -2.23. The van der Waals surface area contributed by atoms with E-state index in [1.165, 1.54) is 0 Å². The zero-order chi connectivity index (χ0) is 19.8. The third-order valence-corrected chi connectivity index (χ3v) is 6.40. The van der Waals surface area contributed by atoms with Gasteiger partial charge in [-0.15, -0.1) is 11.3 Å². The molecule has 0 saturated carbocycles.